The number of halogens is 1. The monoisotopic (exact) mass is 442 g/mol. The fourth-order valence-electron chi connectivity index (χ4n) is 3.08. The van der Waals surface area contributed by atoms with Crippen molar-refractivity contribution >= 4 is 21.6 Å². The molecule has 6 nitrogen and oxygen atoms in total. The molecule has 8 heteroatoms. The molecule has 1 unspecified atom stereocenters. The molecule has 0 aliphatic heterocycles. The minimum atomic E-state index is -4.27. The molecule has 3 aromatic carbocycles. The first-order chi connectivity index (χ1) is 14.8. The van der Waals surface area contributed by atoms with Gasteiger partial charge >= 0.3 is 0 Å². The molecule has 0 bridgehead atoms. The number of hydrogen-bond donors (Lipinski definition) is 2. The molecule has 0 heterocycles. The van der Waals surface area contributed by atoms with Crippen molar-refractivity contribution in [3.05, 3.63) is 89.7 Å². The molecule has 0 aliphatic rings. The van der Waals surface area contributed by atoms with Crippen LogP contribution in [-0.4, -0.2) is 27.5 Å². The molecule has 0 radical (unpaired) electrons. The van der Waals surface area contributed by atoms with Gasteiger partial charge in [-0.05, 0) is 48.7 Å². The molecule has 0 fully saturated rings. The molecule has 3 aromatic rings. The molecule has 2 N–H and O–H groups in total. The molecule has 0 aromatic heterocycles. The Morgan fingerprint density at radius 1 is 1.03 bits per heavy atom. The van der Waals surface area contributed by atoms with Crippen molar-refractivity contribution in [2.75, 3.05) is 12.4 Å². The maximum Gasteiger partial charge on any atom is 0.245 e. The number of ether oxygens (including phenoxy) is 1. The molecular formula is C23H23FN2O4S. The van der Waals surface area contributed by atoms with Crippen molar-refractivity contribution in [1.29, 1.82) is 0 Å². The summed E-state index contributed by atoms with van der Waals surface area (Å²) in [6.07, 6.45) is 0.107. The maximum atomic E-state index is 13.8. The van der Waals surface area contributed by atoms with Crippen LogP contribution in [0.25, 0.3) is 0 Å². The van der Waals surface area contributed by atoms with E-state index >= 15 is 0 Å². The molecule has 31 heavy (non-hydrogen) atoms. The zero-order valence-electron chi connectivity index (χ0n) is 17.1. The predicted octanol–water partition coefficient (Wildman–Crippen LogP) is 3.67. The van der Waals surface area contributed by atoms with Crippen LogP contribution in [0.15, 0.2) is 77.7 Å². The van der Waals surface area contributed by atoms with Gasteiger partial charge in [0.25, 0.3) is 0 Å². The Morgan fingerprint density at radius 3 is 2.39 bits per heavy atom. The molecular weight excluding hydrogens is 419 g/mol. The second-order valence-electron chi connectivity index (χ2n) is 6.96. The fourth-order valence-corrected chi connectivity index (χ4v) is 4.46. The highest BCUT2D eigenvalue weighted by Gasteiger charge is 2.29. The minimum absolute atomic E-state index is 0.0216. The van der Waals surface area contributed by atoms with Gasteiger partial charge in [0.2, 0.25) is 15.9 Å². The number of sulfonamides is 1. The third-order valence-corrected chi connectivity index (χ3v) is 6.21. The smallest absolute Gasteiger partial charge is 0.245 e. The minimum Gasteiger partial charge on any atom is -0.495 e. The Hall–Kier alpha value is -3.23. The summed E-state index contributed by atoms with van der Waals surface area (Å²) in [7, 11) is -2.98. The van der Waals surface area contributed by atoms with E-state index in [1.54, 1.807) is 36.4 Å². The summed E-state index contributed by atoms with van der Waals surface area (Å²) in [5, 5.41) is 2.77. The van der Waals surface area contributed by atoms with Gasteiger partial charge < -0.3 is 10.1 Å². The largest absolute Gasteiger partial charge is 0.495 e. The first-order valence-corrected chi connectivity index (χ1v) is 11.0. The van der Waals surface area contributed by atoms with E-state index < -0.39 is 27.8 Å². The highest BCUT2D eigenvalue weighted by molar-refractivity contribution is 7.89. The highest BCUT2D eigenvalue weighted by Crippen LogP contribution is 2.25. The predicted molar refractivity (Wildman–Crippen MR) is 117 cm³/mol. The molecule has 162 valence electrons. The van der Waals surface area contributed by atoms with Gasteiger partial charge in [0, 0.05) is 5.69 Å². The summed E-state index contributed by atoms with van der Waals surface area (Å²) >= 11 is 0. The van der Waals surface area contributed by atoms with Crippen LogP contribution >= 0.6 is 0 Å². The number of hydrogen-bond acceptors (Lipinski definition) is 4. The lowest BCUT2D eigenvalue weighted by Crippen LogP contribution is -2.45. The molecule has 3 rings (SSSR count). The third kappa shape index (κ3) is 5.68. The van der Waals surface area contributed by atoms with Crippen molar-refractivity contribution in [2.24, 2.45) is 0 Å². The quantitative estimate of drug-likeness (QED) is 0.558. The number of amides is 1. The van der Waals surface area contributed by atoms with Crippen molar-refractivity contribution < 1.29 is 22.3 Å². The fraction of sp³-hybridized carbons (Fsp3) is 0.174. The Labute approximate surface area is 181 Å². The summed E-state index contributed by atoms with van der Waals surface area (Å²) in [4.78, 5) is 12.7. The number of rotatable bonds is 8. The van der Waals surface area contributed by atoms with Gasteiger partial charge in [-0.2, -0.15) is 4.72 Å². The molecule has 0 saturated carbocycles. The molecule has 1 amide bonds. The van der Waals surface area contributed by atoms with Gasteiger partial charge in [-0.1, -0.05) is 48.5 Å². The van der Waals surface area contributed by atoms with E-state index in [1.165, 1.54) is 13.2 Å². The van der Waals surface area contributed by atoms with Crippen LogP contribution in [0.3, 0.4) is 0 Å². The van der Waals surface area contributed by atoms with Gasteiger partial charge in [0.05, 0.1) is 7.11 Å². The van der Waals surface area contributed by atoms with E-state index in [1.807, 2.05) is 25.1 Å². The SMILES string of the molecule is COc1ccc(F)cc1S(=O)(=O)NC(Cc1ccccc1)C(=O)Nc1ccccc1C. The van der Waals surface area contributed by atoms with Crippen LogP contribution < -0.4 is 14.8 Å². The number of aryl methyl sites for hydroxylation is 1. The second kappa shape index (κ2) is 9.72. The second-order valence-corrected chi connectivity index (χ2v) is 8.65. The molecule has 0 aliphatic carbocycles. The summed E-state index contributed by atoms with van der Waals surface area (Å²) in [5.41, 5.74) is 2.18. The van der Waals surface area contributed by atoms with Crippen LogP contribution in [0.5, 0.6) is 5.75 Å². The van der Waals surface area contributed by atoms with Gasteiger partial charge in [-0.25, -0.2) is 12.8 Å². The lowest BCUT2D eigenvalue weighted by Gasteiger charge is -2.20. The first kappa shape index (κ1) is 22.5. The topological polar surface area (TPSA) is 84.5 Å². The number of nitrogens with one attached hydrogen (secondary N) is 2. The van der Waals surface area contributed by atoms with E-state index in [4.69, 9.17) is 4.74 Å². The number of para-hydroxylation sites is 1. The van der Waals surface area contributed by atoms with Crippen LogP contribution in [-0.2, 0) is 21.2 Å². The number of carbonyl (C=O) groups is 1. The normalized spacial score (nSPS) is 12.2. The van der Waals surface area contributed by atoms with Crippen molar-refractivity contribution in [3.63, 3.8) is 0 Å². The van der Waals surface area contributed by atoms with Gasteiger partial charge in [0.1, 0.15) is 22.5 Å². The number of carbonyl (C=O) groups excluding carboxylic acids is 1. The lowest BCUT2D eigenvalue weighted by molar-refractivity contribution is -0.117. The lowest BCUT2D eigenvalue weighted by atomic mass is 10.1. The molecule has 0 saturated heterocycles. The van der Waals surface area contributed by atoms with Crippen LogP contribution in [0.4, 0.5) is 10.1 Å². The number of benzene rings is 3. The van der Waals surface area contributed by atoms with Gasteiger partial charge in [-0.3, -0.25) is 4.79 Å². The summed E-state index contributed by atoms with van der Waals surface area (Å²) in [6, 6.07) is 18.3. The zero-order chi connectivity index (χ0) is 22.4. The maximum absolute atomic E-state index is 13.8. The Balaban J connectivity index is 1.93. The van der Waals surface area contributed by atoms with Gasteiger partial charge in [-0.15, -0.1) is 0 Å². The van der Waals surface area contributed by atoms with E-state index in [2.05, 4.69) is 10.0 Å². The number of anilines is 1. The van der Waals surface area contributed by atoms with Crippen LogP contribution in [0.1, 0.15) is 11.1 Å². The molecule has 0 spiro atoms. The van der Waals surface area contributed by atoms with E-state index in [9.17, 15) is 17.6 Å². The van der Waals surface area contributed by atoms with Crippen LogP contribution in [0.2, 0.25) is 0 Å². The first-order valence-electron chi connectivity index (χ1n) is 9.56. The Kier molecular flexibility index (Phi) is 7.04. The highest BCUT2D eigenvalue weighted by atomic mass is 32.2. The Bertz CT molecular complexity index is 1170. The van der Waals surface area contributed by atoms with Crippen LogP contribution in [0, 0.1) is 12.7 Å². The average Bonchev–Trinajstić information content (AvgIpc) is 2.75. The zero-order valence-corrected chi connectivity index (χ0v) is 17.9. The third-order valence-electron chi connectivity index (χ3n) is 4.71. The summed E-state index contributed by atoms with van der Waals surface area (Å²) in [6.45, 7) is 1.84. The van der Waals surface area contributed by atoms with Crippen molar-refractivity contribution in [3.8, 4) is 5.75 Å². The van der Waals surface area contributed by atoms with Gasteiger partial charge in [0.15, 0.2) is 0 Å². The Morgan fingerprint density at radius 2 is 1.71 bits per heavy atom. The van der Waals surface area contributed by atoms with E-state index in [-0.39, 0.29) is 17.1 Å². The van der Waals surface area contributed by atoms with Crippen molar-refractivity contribution in [2.45, 2.75) is 24.3 Å². The van der Waals surface area contributed by atoms with E-state index in [0.29, 0.717) is 5.69 Å². The standard InChI is InChI=1S/C23H23FN2O4S/c1-16-8-6-7-11-19(16)25-23(27)20(14-17-9-4-3-5-10-17)26-31(28,29)22-15-18(24)12-13-21(22)30-2/h3-13,15,20,26H,14H2,1-2H3,(H,25,27). The molecule has 1 atom stereocenters. The van der Waals surface area contributed by atoms with Crippen molar-refractivity contribution in [1.82, 2.24) is 4.72 Å². The van der Waals surface area contributed by atoms with E-state index in [0.717, 1.165) is 23.3 Å². The average molecular weight is 443 g/mol. The summed E-state index contributed by atoms with van der Waals surface area (Å²) in [5.74, 6) is -1.28. The number of methoxy groups -OCH3 is 1. The summed E-state index contributed by atoms with van der Waals surface area (Å²) < 4.78 is 47.3.